The fourth-order valence-corrected chi connectivity index (χ4v) is 3.35. The molecule has 3 aromatic rings. The van der Waals surface area contributed by atoms with Crippen molar-refractivity contribution in [2.24, 2.45) is 0 Å². The molecule has 1 atom stereocenters. The third kappa shape index (κ3) is 3.06. The summed E-state index contributed by atoms with van der Waals surface area (Å²) in [4.78, 5) is 25.6. The number of pyridine rings is 1. The molecule has 5 nitrogen and oxygen atoms in total. The maximum absolute atomic E-state index is 13.1. The summed E-state index contributed by atoms with van der Waals surface area (Å²) >= 11 is 0. The topological polar surface area (TPSA) is 57.5 Å². The third-order valence-corrected chi connectivity index (χ3v) is 4.83. The summed E-state index contributed by atoms with van der Waals surface area (Å²) in [6.45, 7) is 2.26. The van der Waals surface area contributed by atoms with Crippen molar-refractivity contribution >= 4 is 5.97 Å². The monoisotopic (exact) mass is 361 g/mol. The van der Waals surface area contributed by atoms with Gasteiger partial charge in [0, 0.05) is 5.56 Å². The summed E-state index contributed by atoms with van der Waals surface area (Å²) in [7, 11) is 0. The predicted octanol–water partition coefficient (Wildman–Crippen LogP) is 3.46. The maximum atomic E-state index is 13.1. The molecule has 0 saturated carbocycles. The van der Waals surface area contributed by atoms with Crippen molar-refractivity contribution in [3.8, 4) is 0 Å². The maximum Gasteiger partial charge on any atom is 0.344 e. The van der Waals surface area contributed by atoms with Crippen molar-refractivity contribution < 1.29 is 14.3 Å². The van der Waals surface area contributed by atoms with Gasteiger partial charge in [0.25, 0.3) is 5.56 Å². The normalized spacial score (nSPS) is 18.1. The lowest BCUT2D eigenvalue weighted by atomic mass is 10.0. The molecule has 1 aliphatic heterocycles. The molecule has 27 heavy (non-hydrogen) atoms. The SMILES string of the molecule is CC1(c2ccccc2)OCc2ccc(C(=O)OCc3ccccc3)c(=O)n21. The largest absolute Gasteiger partial charge is 0.457 e. The second-order valence-corrected chi connectivity index (χ2v) is 6.58. The van der Waals surface area contributed by atoms with Crippen LogP contribution in [0.15, 0.2) is 77.6 Å². The first-order valence-electron chi connectivity index (χ1n) is 8.75. The zero-order valence-electron chi connectivity index (χ0n) is 14.9. The Morgan fingerprint density at radius 2 is 1.70 bits per heavy atom. The summed E-state index contributed by atoms with van der Waals surface area (Å²) in [5, 5.41) is 0. The Hall–Kier alpha value is -3.18. The fourth-order valence-electron chi connectivity index (χ4n) is 3.35. The van der Waals surface area contributed by atoms with Crippen LogP contribution in [0.3, 0.4) is 0 Å². The van der Waals surface area contributed by atoms with Crippen LogP contribution in [0.4, 0.5) is 0 Å². The van der Waals surface area contributed by atoms with Gasteiger partial charge in [-0.05, 0) is 24.6 Å². The van der Waals surface area contributed by atoms with Gasteiger partial charge in [-0.1, -0.05) is 60.7 Å². The van der Waals surface area contributed by atoms with Crippen molar-refractivity contribution in [1.29, 1.82) is 0 Å². The molecule has 0 saturated heterocycles. The lowest BCUT2D eigenvalue weighted by molar-refractivity contribution is -0.0324. The van der Waals surface area contributed by atoms with Crippen LogP contribution in [-0.4, -0.2) is 10.5 Å². The first-order valence-corrected chi connectivity index (χ1v) is 8.75. The fraction of sp³-hybridized carbons (Fsp3) is 0.182. The van der Waals surface area contributed by atoms with Crippen LogP contribution in [0.5, 0.6) is 0 Å². The zero-order valence-corrected chi connectivity index (χ0v) is 14.9. The van der Waals surface area contributed by atoms with Crippen molar-refractivity contribution in [1.82, 2.24) is 4.57 Å². The number of carbonyl (C=O) groups is 1. The highest BCUT2D eigenvalue weighted by atomic mass is 16.5. The molecule has 0 amide bonds. The van der Waals surface area contributed by atoms with Gasteiger partial charge in [-0.2, -0.15) is 0 Å². The standard InChI is InChI=1S/C22H19NO4/c1-22(17-10-6-3-7-11-17)23-18(15-27-22)12-13-19(20(23)24)21(25)26-14-16-8-4-2-5-9-16/h2-13H,14-15H2,1H3. The van der Waals surface area contributed by atoms with E-state index in [0.29, 0.717) is 6.61 Å². The molecule has 0 N–H and O–H groups in total. The van der Waals surface area contributed by atoms with Crippen LogP contribution in [0, 0.1) is 0 Å². The lowest BCUT2D eigenvalue weighted by Crippen LogP contribution is -2.40. The van der Waals surface area contributed by atoms with Crippen LogP contribution in [0.1, 0.15) is 34.1 Å². The van der Waals surface area contributed by atoms with Gasteiger partial charge in [-0.15, -0.1) is 0 Å². The van der Waals surface area contributed by atoms with E-state index in [4.69, 9.17) is 9.47 Å². The quantitative estimate of drug-likeness (QED) is 0.668. The van der Waals surface area contributed by atoms with Crippen LogP contribution >= 0.6 is 0 Å². The molecule has 0 bridgehead atoms. The average molecular weight is 361 g/mol. The first-order chi connectivity index (χ1) is 13.1. The van der Waals surface area contributed by atoms with Gasteiger partial charge >= 0.3 is 5.97 Å². The second-order valence-electron chi connectivity index (χ2n) is 6.58. The first kappa shape index (κ1) is 17.2. The van der Waals surface area contributed by atoms with E-state index in [0.717, 1.165) is 16.8 Å². The number of hydrogen-bond acceptors (Lipinski definition) is 4. The van der Waals surface area contributed by atoms with E-state index in [9.17, 15) is 9.59 Å². The average Bonchev–Trinajstić information content (AvgIpc) is 3.07. The molecule has 0 spiro atoms. The minimum atomic E-state index is -0.955. The Morgan fingerprint density at radius 1 is 1.04 bits per heavy atom. The van der Waals surface area contributed by atoms with Gasteiger partial charge in [-0.3, -0.25) is 9.36 Å². The number of hydrogen-bond donors (Lipinski definition) is 0. The Morgan fingerprint density at radius 3 is 2.41 bits per heavy atom. The molecule has 0 aliphatic carbocycles. The summed E-state index contributed by atoms with van der Waals surface area (Å²) in [5.74, 6) is -0.638. The van der Waals surface area contributed by atoms with E-state index in [-0.39, 0.29) is 12.2 Å². The number of carbonyl (C=O) groups excluding carboxylic acids is 1. The van der Waals surface area contributed by atoms with Crippen LogP contribution in [0.25, 0.3) is 0 Å². The molecule has 136 valence electrons. The Balaban J connectivity index is 1.67. The summed E-state index contributed by atoms with van der Waals surface area (Å²) in [6, 6.07) is 22.1. The minimum absolute atomic E-state index is 0.00216. The molecule has 0 radical (unpaired) electrons. The van der Waals surface area contributed by atoms with E-state index in [2.05, 4.69) is 0 Å². The van der Waals surface area contributed by atoms with E-state index >= 15 is 0 Å². The molecular weight excluding hydrogens is 342 g/mol. The number of nitrogens with zero attached hydrogens (tertiary/aromatic N) is 1. The van der Waals surface area contributed by atoms with Crippen molar-refractivity contribution in [3.63, 3.8) is 0 Å². The molecule has 2 aromatic carbocycles. The third-order valence-electron chi connectivity index (χ3n) is 4.83. The number of rotatable bonds is 4. The van der Waals surface area contributed by atoms with Crippen molar-refractivity contribution in [3.05, 3.63) is 106 Å². The van der Waals surface area contributed by atoms with Crippen LogP contribution < -0.4 is 5.56 Å². The number of benzene rings is 2. The Labute approximate surface area is 156 Å². The molecule has 1 aromatic heterocycles. The second kappa shape index (κ2) is 6.85. The number of aromatic nitrogens is 1. The molecule has 0 fully saturated rings. The molecule has 2 heterocycles. The zero-order chi connectivity index (χ0) is 18.9. The van der Waals surface area contributed by atoms with Gasteiger partial charge in [0.2, 0.25) is 0 Å². The smallest absolute Gasteiger partial charge is 0.344 e. The van der Waals surface area contributed by atoms with E-state index in [1.807, 2.05) is 67.6 Å². The number of esters is 1. The van der Waals surface area contributed by atoms with Gasteiger partial charge in [-0.25, -0.2) is 4.79 Å². The molecule has 4 rings (SSSR count). The van der Waals surface area contributed by atoms with Gasteiger partial charge in [0.1, 0.15) is 12.2 Å². The van der Waals surface area contributed by atoms with Crippen LogP contribution in [0.2, 0.25) is 0 Å². The van der Waals surface area contributed by atoms with Crippen LogP contribution in [-0.2, 0) is 28.4 Å². The Bertz CT molecular complexity index is 1030. The molecule has 5 heteroatoms. The molecule has 1 aliphatic rings. The molecular formula is C22H19NO4. The summed E-state index contributed by atoms with van der Waals surface area (Å²) in [6.07, 6.45) is 0. The van der Waals surface area contributed by atoms with E-state index in [1.165, 1.54) is 6.07 Å². The highest BCUT2D eigenvalue weighted by Crippen LogP contribution is 2.33. The minimum Gasteiger partial charge on any atom is -0.457 e. The van der Waals surface area contributed by atoms with Gasteiger partial charge in [0.05, 0.1) is 12.3 Å². The van der Waals surface area contributed by atoms with Gasteiger partial charge < -0.3 is 9.47 Å². The van der Waals surface area contributed by atoms with Crippen molar-refractivity contribution in [2.45, 2.75) is 25.9 Å². The van der Waals surface area contributed by atoms with E-state index in [1.54, 1.807) is 10.6 Å². The summed E-state index contributed by atoms with van der Waals surface area (Å²) in [5.41, 5.74) is 1.08. The lowest BCUT2D eigenvalue weighted by Gasteiger charge is -2.27. The highest BCUT2D eigenvalue weighted by Gasteiger charge is 2.38. The summed E-state index contributed by atoms with van der Waals surface area (Å²) < 4.78 is 12.8. The van der Waals surface area contributed by atoms with Crippen molar-refractivity contribution in [2.75, 3.05) is 0 Å². The van der Waals surface area contributed by atoms with Gasteiger partial charge in [0.15, 0.2) is 5.72 Å². The number of ether oxygens (including phenoxy) is 2. The van der Waals surface area contributed by atoms with E-state index < -0.39 is 17.3 Å². The molecule has 1 unspecified atom stereocenters. The predicted molar refractivity (Wildman–Crippen MR) is 100 cm³/mol. The Kier molecular flexibility index (Phi) is 4.38. The highest BCUT2D eigenvalue weighted by molar-refractivity contribution is 5.89. The number of fused-ring (bicyclic) bond motifs is 1.